The number of hydrogen-bond acceptors (Lipinski definition) is 5. The summed E-state index contributed by atoms with van der Waals surface area (Å²) in [5.74, 6) is 0.306. The van der Waals surface area contributed by atoms with Crippen LogP contribution in [0.15, 0.2) is 48.8 Å². The third-order valence-electron chi connectivity index (χ3n) is 2.89. The minimum Gasteiger partial charge on any atom is -0.491 e. The van der Waals surface area contributed by atoms with Crippen molar-refractivity contribution in [2.45, 2.75) is 12.8 Å². The van der Waals surface area contributed by atoms with Crippen molar-refractivity contribution in [3.63, 3.8) is 0 Å². The van der Waals surface area contributed by atoms with E-state index in [2.05, 4.69) is 4.98 Å². The monoisotopic (exact) mass is 286 g/mol. The maximum Gasteiger partial charge on any atom is 0.309 e. The molecule has 1 heterocycles. The van der Waals surface area contributed by atoms with E-state index in [9.17, 15) is 4.79 Å². The van der Waals surface area contributed by atoms with Gasteiger partial charge in [0.25, 0.3) is 0 Å². The van der Waals surface area contributed by atoms with Gasteiger partial charge in [-0.05, 0) is 29.8 Å². The van der Waals surface area contributed by atoms with E-state index in [4.69, 9.17) is 15.2 Å². The fourth-order valence-electron chi connectivity index (χ4n) is 1.76. The molecule has 0 bridgehead atoms. The van der Waals surface area contributed by atoms with Crippen molar-refractivity contribution in [2.24, 2.45) is 0 Å². The van der Waals surface area contributed by atoms with Gasteiger partial charge in [-0.3, -0.25) is 9.78 Å². The molecular weight excluding hydrogens is 268 g/mol. The van der Waals surface area contributed by atoms with Gasteiger partial charge in [0, 0.05) is 18.8 Å². The summed E-state index contributed by atoms with van der Waals surface area (Å²) in [6.45, 7) is 0.610. The average molecular weight is 286 g/mol. The number of pyridine rings is 1. The van der Waals surface area contributed by atoms with E-state index in [1.807, 2.05) is 24.3 Å². The van der Waals surface area contributed by atoms with Crippen LogP contribution >= 0.6 is 0 Å². The van der Waals surface area contributed by atoms with E-state index < -0.39 is 0 Å². The summed E-state index contributed by atoms with van der Waals surface area (Å²) in [6.07, 6.45) is 4.32. The Hall–Kier alpha value is -2.56. The van der Waals surface area contributed by atoms with Crippen molar-refractivity contribution in [3.05, 3.63) is 54.4 Å². The molecule has 0 fully saturated rings. The normalized spacial score (nSPS) is 10.1. The summed E-state index contributed by atoms with van der Waals surface area (Å²) in [7, 11) is 0. The number of rotatable bonds is 7. The average Bonchev–Trinajstić information content (AvgIpc) is 2.50. The molecule has 110 valence electrons. The van der Waals surface area contributed by atoms with Gasteiger partial charge < -0.3 is 15.2 Å². The molecule has 2 N–H and O–H groups in total. The largest absolute Gasteiger partial charge is 0.491 e. The number of esters is 1. The molecule has 1 aromatic carbocycles. The molecule has 2 rings (SSSR count). The third-order valence-corrected chi connectivity index (χ3v) is 2.89. The van der Waals surface area contributed by atoms with E-state index in [1.54, 1.807) is 24.5 Å². The number of nitrogen functional groups attached to an aromatic ring is 1. The van der Waals surface area contributed by atoms with E-state index in [1.165, 1.54) is 0 Å². The highest BCUT2D eigenvalue weighted by atomic mass is 16.5. The first-order valence-electron chi connectivity index (χ1n) is 6.77. The van der Waals surface area contributed by atoms with Gasteiger partial charge in [-0.2, -0.15) is 0 Å². The van der Waals surface area contributed by atoms with Crippen LogP contribution in [-0.4, -0.2) is 24.2 Å². The van der Waals surface area contributed by atoms with Crippen LogP contribution in [-0.2, 0) is 16.0 Å². The quantitative estimate of drug-likeness (QED) is 0.624. The highest BCUT2D eigenvalue weighted by molar-refractivity contribution is 5.69. The van der Waals surface area contributed by atoms with Crippen molar-refractivity contribution in [3.8, 4) is 5.75 Å². The summed E-state index contributed by atoms with van der Waals surface area (Å²) < 4.78 is 10.6. The Morgan fingerprint density at radius 2 is 1.86 bits per heavy atom. The molecule has 0 aliphatic carbocycles. The van der Waals surface area contributed by atoms with Gasteiger partial charge in [-0.15, -0.1) is 0 Å². The number of para-hydroxylation sites is 2. The van der Waals surface area contributed by atoms with Crippen LogP contribution in [0.4, 0.5) is 5.69 Å². The van der Waals surface area contributed by atoms with Crippen LogP contribution in [0.25, 0.3) is 0 Å². The Kier molecular flexibility index (Phi) is 5.58. The van der Waals surface area contributed by atoms with Crippen LogP contribution in [0.2, 0.25) is 0 Å². The van der Waals surface area contributed by atoms with Crippen molar-refractivity contribution in [1.29, 1.82) is 0 Å². The molecule has 5 nitrogen and oxygen atoms in total. The minimum atomic E-state index is -0.279. The molecule has 0 amide bonds. The second kappa shape index (κ2) is 7.89. The highest BCUT2D eigenvalue weighted by Gasteiger charge is 2.05. The fourth-order valence-corrected chi connectivity index (χ4v) is 1.76. The predicted molar refractivity (Wildman–Crippen MR) is 79.9 cm³/mol. The summed E-state index contributed by atoms with van der Waals surface area (Å²) in [6, 6.07) is 11.0. The van der Waals surface area contributed by atoms with Crippen LogP contribution in [0.3, 0.4) is 0 Å². The van der Waals surface area contributed by atoms with E-state index in [-0.39, 0.29) is 19.0 Å². The molecular formula is C16H18N2O3. The van der Waals surface area contributed by atoms with Crippen LogP contribution < -0.4 is 10.5 Å². The predicted octanol–water partition coefficient (Wildman–Crippen LogP) is 2.22. The highest BCUT2D eigenvalue weighted by Crippen LogP contribution is 2.19. The number of carbonyl (C=O) groups excluding carboxylic acids is 1. The second-order valence-electron chi connectivity index (χ2n) is 4.46. The van der Waals surface area contributed by atoms with Gasteiger partial charge in [0.05, 0.1) is 25.3 Å². The van der Waals surface area contributed by atoms with Crippen molar-refractivity contribution < 1.29 is 14.3 Å². The van der Waals surface area contributed by atoms with Crippen molar-refractivity contribution >= 4 is 11.7 Å². The van der Waals surface area contributed by atoms with Crippen LogP contribution in [0.5, 0.6) is 5.75 Å². The summed E-state index contributed by atoms with van der Waals surface area (Å²) in [5.41, 5.74) is 7.38. The second-order valence-corrected chi connectivity index (χ2v) is 4.46. The zero-order valence-electron chi connectivity index (χ0n) is 11.7. The number of hydrogen-bond donors (Lipinski definition) is 1. The van der Waals surface area contributed by atoms with E-state index in [0.717, 1.165) is 5.56 Å². The zero-order chi connectivity index (χ0) is 14.9. The first-order valence-corrected chi connectivity index (χ1v) is 6.77. The summed E-state index contributed by atoms with van der Waals surface area (Å²) in [4.78, 5) is 15.5. The number of nitrogens with two attached hydrogens (primary N) is 1. The molecule has 0 spiro atoms. The SMILES string of the molecule is Nc1ccccc1OCCC(=O)OCCc1ccncc1. The standard InChI is InChI=1S/C16H18N2O3/c17-14-3-1-2-4-15(14)20-12-8-16(19)21-11-7-13-5-9-18-10-6-13/h1-6,9-10H,7-8,11-12,17H2. The number of carbonyl (C=O) groups is 1. The number of ether oxygens (including phenoxy) is 2. The molecule has 0 aliphatic heterocycles. The molecule has 0 aliphatic rings. The topological polar surface area (TPSA) is 74.4 Å². The molecule has 0 saturated heterocycles. The minimum absolute atomic E-state index is 0.199. The first kappa shape index (κ1) is 14.8. The van der Waals surface area contributed by atoms with Gasteiger partial charge >= 0.3 is 5.97 Å². The maximum absolute atomic E-state index is 11.6. The van der Waals surface area contributed by atoms with Gasteiger partial charge in [-0.1, -0.05) is 12.1 Å². The molecule has 21 heavy (non-hydrogen) atoms. The number of aromatic nitrogens is 1. The molecule has 2 aromatic rings. The third kappa shape index (κ3) is 5.14. The Morgan fingerprint density at radius 1 is 1.10 bits per heavy atom. The molecule has 5 heteroatoms. The Labute approximate surface area is 123 Å². The maximum atomic E-state index is 11.6. The lowest BCUT2D eigenvalue weighted by Gasteiger charge is -2.08. The van der Waals surface area contributed by atoms with Crippen LogP contribution in [0, 0.1) is 0 Å². The van der Waals surface area contributed by atoms with Gasteiger partial charge in [-0.25, -0.2) is 0 Å². The molecule has 0 saturated carbocycles. The Morgan fingerprint density at radius 3 is 2.62 bits per heavy atom. The summed E-state index contributed by atoms with van der Waals surface area (Å²) >= 11 is 0. The van der Waals surface area contributed by atoms with Gasteiger partial charge in [0.1, 0.15) is 5.75 Å². The van der Waals surface area contributed by atoms with Crippen molar-refractivity contribution in [1.82, 2.24) is 4.98 Å². The lowest BCUT2D eigenvalue weighted by atomic mass is 10.2. The number of anilines is 1. The van der Waals surface area contributed by atoms with E-state index >= 15 is 0 Å². The van der Waals surface area contributed by atoms with E-state index in [0.29, 0.717) is 24.5 Å². The zero-order valence-corrected chi connectivity index (χ0v) is 11.7. The van der Waals surface area contributed by atoms with Gasteiger partial charge in [0.15, 0.2) is 0 Å². The number of benzene rings is 1. The molecule has 1 aromatic heterocycles. The lowest BCUT2D eigenvalue weighted by molar-refractivity contribution is -0.144. The Bertz CT molecular complexity index is 573. The molecule has 0 atom stereocenters. The number of nitrogens with zero attached hydrogens (tertiary/aromatic N) is 1. The Balaban J connectivity index is 1.63. The van der Waals surface area contributed by atoms with Crippen LogP contribution in [0.1, 0.15) is 12.0 Å². The summed E-state index contributed by atoms with van der Waals surface area (Å²) in [5, 5.41) is 0. The molecule has 0 unspecified atom stereocenters. The smallest absolute Gasteiger partial charge is 0.309 e. The van der Waals surface area contributed by atoms with Crippen molar-refractivity contribution in [2.75, 3.05) is 18.9 Å². The fraction of sp³-hybridized carbons (Fsp3) is 0.250. The molecule has 0 radical (unpaired) electrons. The first-order chi connectivity index (χ1) is 10.3. The lowest BCUT2D eigenvalue weighted by Crippen LogP contribution is -2.12. The van der Waals surface area contributed by atoms with Gasteiger partial charge in [0.2, 0.25) is 0 Å².